The summed E-state index contributed by atoms with van der Waals surface area (Å²) in [5.41, 5.74) is 1.01. The molecule has 3 aromatic carbocycles. The van der Waals surface area contributed by atoms with E-state index >= 15 is 0 Å². The number of benzene rings is 3. The number of methoxy groups -OCH3 is 2. The summed E-state index contributed by atoms with van der Waals surface area (Å²) in [4.78, 5) is 29.1. The minimum absolute atomic E-state index is 0.0271. The van der Waals surface area contributed by atoms with Crippen LogP contribution in [0.5, 0.6) is 11.5 Å². The molecule has 0 saturated heterocycles. The number of sulfonamides is 1. The van der Waals surface area contributed by atoms with Crippen LogP contribution in [-0.4, -0.2) is 58.0 Å². The molecule has 0 aliphatic heterocycles. The molecular weight excluding hydrogens is 634 g/mol. The number of carbonyl (C=O) groups excluding carboxylic acids is 2. The molecular formula is C32H38BrN3O6S. The van der Waals surface area contributed by atoms with Gasteiger partial charge in [0.2, 0.25) is 11.8 Å². The minimum Gasteiger partial charge on any atom is -0.493 e. The summed E-state index contributed by atoms with van der Waals surface area (Å²) in [7, 11) is -1.26. The van der Waals surface area contributed by atoms with E-state index in [1.165, 1.54) is 37.3 Å². The number of nitrogens with one attached hydrogen (secondary N) is 1. The normalized spacial score (nSPS) is 14.4. The first-order chi connectivity index (χ1) is 20.6. The average Bonchev–Trinajstić information content (AvgIpc) is 3.02. The van der Waals surface area contributed by atoms with Crippen molar-refractivity contribution in [3.05, 3.63) is 82.8 Å². The molecule has 0 heterocycles. The monoisotopic (exact) mass is 671 g/mol. The number of carbonyl (C=O) groups is 2. The van der Waals surface area contributed by atoms with Crippen molar-refractivity contribution >= 4 is 43.5 Å². The fourth-order valence-electron chi connectivity index (χ4n) is 5.21. The molecule has 0 spiro atoms. The summed E-state index contributed by atoms with van der Waals surface area (Å²) >= 11 is 3.48. The molecule has 1 N–H and O–H groups in total. The lowest BCUT2D eigenvalue weighted by Crippen LogP contribution is -2.53. The van der Waals surface area contributed by atoms with Crippen molar-refractivity contribution in [3.8, 4) is 11.5 Å². The van der Waals surface area contributed by atoms with Gasteiger partial charge in [0.25, 0.3) is 10.0 Å². The number of anilines is 1. The predicted octanol–water partition coefficient (Wildman–Crippen LogP) is 5.53. The predicted molar refractivity (Wildman–Crippen MR) is 170 cm³/mol. The second kappa shape index (κ2) is 14.7. The zero-order valence-corrected chi connectivity index (χ0v) is 27.1. The smallest absolute Gasteiger partial charge is 0.264 e. The van der Waals surface area contributed by atoms with Gasteiger partial charge in [-0.25, -0.2) is 8.42 Å². The van der Waals surface area contributed by atoms with Crippen molar-refractivity contribution in [1.29, 1.82) is 0 Å². The highest BCUT2D eigenvalue weighted by Crippen LogP contribution is 2.34. The Labute approximate surface area is 262 Å². The van der Waals surface area contributed by atoms with Crippen LogP contribution in [0.15, 0.2) is 82.2 Å². The topological polar surface area (TPSA) is 105 Å². The van der Waals surface area contributed by atoms with Gasteiger partial charge < -0.3 is 19.7 Å². The summed E-state index contributed by atoms with van der Waals surface area (Å²) in [5.74, 6) is -0.0646. The molecule has 1 atom stereocenters. The molecule has 1 aliphatic carbocycles. The fourth-order valence-corrected chi connectivity index (χ4v) is 7.09. The van der Waals surface area contributed by atoms with E-state index in [0.717, 1.165) is 46.4 Å². The number of nitrogens with zero attached hydrogens (tertiary/aromatic N) is 2. The van der Waals surface area contributed by atoms with Crippen LogP contribution in [0.25, 0.3) is 0 Å². The van der Waals surface area contributed by atoms with Crippen molar-refractivity contribution in [1.82, 2.24) is 10.2 Å². The Hall–Kier alpha value is -3.57. The zero-order valence-electron chi connectivity index (χ0n) is 24.7. The maximum Gasteiger partial charge on any atom is 0.264 e. The highest BCUT2D eigenvalue weighted by molar-refractivity contribution is 9.10. The van der Waals surface area contributed by atoms with E-state index in [4.69, 9.17) is 9.47 Å². The van der Waals surface area contributed by atoms with Crippen molar-refractivity contribution in [3.63, 3.8) is 0 Å². The van der Waals surface area contributed by atoms with Gasteiger partial charge in [0.1, 0.15) is 12.6 Å². The largest absolute Gasteiger partial charge is 0.493 e. The van der Waals surface area contributed by atoms with E-state index in [-0.39, 0.29) is 29.1 Å². The molecule has 0 unspecified atom stereocenters. The zero-order chi connectivity index (χ0) is 31.0. The van der Waals surface area contributed by atoms with E-state index < -0.39 is 28.5 Å². The third-order valence-corrected chi connectivity index (χ3v) is 9.91. The van der Waals surface area contributed by atoms with E-state index in [1.807, 2.05) is 24.3 Å². The molecule has 2 amide bonds. The summed E-state index contributed by atoms with van der Waals surface area (Å²) < 4.78 is 40.7. The van der Waals surface area contributed by atoms with Crippen LogP contribution >= 0.6 is 15.9 Å². The van der Waals surface area contributed by atoms with Crippen LogP contribution in [0.2, 0.25) is 0 Å². The number of hydrogen-bond donors (Lipinski definition) is 1. The first-order valence-electron chi connectivity index (χ1n) is 14.3. The fraction of sp³-hybridized carbons (Fsp3) is 0.375. The minimum atomic E-state index is -4.19. The van der Waals surface area contributed by atoms with Crippen molar-refractivity contribution in [2.75, 3.05) is 25.1 Å². The van der Waals surface area contributed by atoms with Gasteiger partial charge in [-0.2, -0.15) is 0 Å². The van der Waals surface area contributed by atoms with Crippen LogP contribution in [0.4, 0.5) is 5.69 Å². The van der Waals surface area contributed by atoms with Crippen molar-refractivity contribution < 1.29 is 27.5 Å². The summed E-state index contributed by atoms with van der Waals surface area (Å²) in [6, 6.07) is 19.3. The molecule has 43 heavy (non-hydrogen) atoms. The molecule has 0 radical (unpaired) electrons. The maximum atomic E-state index is 14.2. The van der Waals surface area contributed by atoms with E-state index in [0.29, 0.717) is 11.5 Å². The lowest BCUT2D eigenvalue weighted by atomic mass is 9.95. The second-order valence-corrected chi connectivity index (χ2v) is 13.3. The molecule has 9 nitrogen and oxygen atoms in total. The number of amides is 2. The Balaban J connectivity index is 1.71. The van der Waals surface area contributed by atoms with Crippen molar-refractivity contribution in [2.24, 2.45) is 0 Å². The Kier molecular flexibility index (Phi) is 11.1. The quantitative estimate of drug-likeness (QED) is 0.272. The third kappa shape index (κ3) is 8.08. The lowest BCUT2D eigenvalue weighted by molar-refractivity contribution is -0.139. The molecule has 1 aliphatic rings. The molecule has 11 heteroatoms. The van der Waals surface area contributed by atoms with Gasteiger partial charge in [0, 0.05) is 23.1 Å². The van der Waals surface area contributed by atoms with Crippen LogP contribution in [0.3, 0.4) is 0 Å². The van der Waals surface area contributed by atoms with E-state index in [1.54, 1.807) is 37.3 Å². The highest BCUT2D eigenvalue weighted by atomic mass is 79.9. The number of hydrogen-bond acceptors (Lipinski definition) is 6. The standard InChI is InChI=1S/C32H38BrN3O6S/c1-23(32(38)34-26-13-6-4-7-14-26)35(21-24-11-10-12-25(33)19-24)31(37)22-36(43(39,40)28-15-8-5-9-16-28)27-17-18-29(41-2)30(20-27)42-3/h5,8-12,15-20,23,26H,4,6-7,13-14,21-22H2,1-3H3,(H,34,38)/t23-/m1/s1. The van der Waals surface area contributed by atoms with E-state index in [2.05, 4.69) is 21.2 Å². The molecule has 3 aromatic rings. The number of rotatable bonds is 12. The van der Waals surface area contributed by atoms with Gasteiger partial charge in [-0.3, -0.25) is 13.9 Å². The van der Waals surface area contributed by atoms with Crippen LogP contribution in [0.1, 0.15) is 44.6 Å². The Morgan fingerprint density at radius 1 is 0.930 bits per heavy atom. The van der Waals surface area contributed by atoms with Gasteiger partial charge in [0.15, 0.2) is 11.5 Å². The summed E-state index contributed by atoms with van der Waals surface area (Å²) in [6.45, 7) is 1.25. The molecule has 1 fully saturated rings. The first kappa shape index (κ1) is 32.3. The summed E-state index contributed by atoms with van der Waals surface area (Å²) in [5, 5.41) is 3.12. The Morgan fingerprint density at radius 2 is 1.63 bits per heavy atom. The molecule has 0 bridgehead atoms. The van der Waals surface area contributed by atoms with Gasteiger partial charge >= 0.3 is 0 Å². The third-order valence-electron chi connectivity index (χ3n) is 7.63. The summed E-state index contributed by atoms with van der Waals surface area (Å²) in [6.07, 6.45) is 5.06. The molecule has 0 aromatic heterocycles. The SMILES string of the molecule is COc1ccc(N(CC(=O)N(Cc2cccc(Br)c2)[C@H](C)C(=O)NC2CCCCC2)S(=O)(=O)c2ccccc2)cc1OC. The van der Waals surface area contributed by atoms with E-state index in [9.17, 15) is 18.0 Å². The molecule has 4 rings (SSSR count). The maximum absolute atomic E-state index is 14.2. The lowest BCUT2D eigenvalue weighted by Gasteiger charge is -2.33. The van der Waals surface area contributed by atoms with Gasteiger partial charge in [-0.05, 0) is 61.7 Å². The van der Waals surface area contributed by atoms with Crippen LogP contribution in [0, 0.1) is 0 Å². The highest BCUT2D eigenvalue weighted by Gasteiger charge is 2.33. The van der Waals surface area contributed by atoms with Crippen LogP contribution < -0.4 is 19.1 Å². The van der Waals surface area contributed by atoms with Gasteiger partial charge in [-0.15, -0.1) is 0 Å². The Morgan fingerprint density at radius 3 is 2.28 bits per heavy atom. The number of halogens is 1. The molecule has 1 saturated carbocycles. The number of ether oxygens (including phenoxy) is 2. The van der Waals surface area contributed by atoms with Crippen molar-refractivity contribution in [2.45, 2.75) is 62.6 Å². The average molecular weight is 673 g/mol. The first-order valence-corrected chi connectivity index (χ1v) is 16.5. The van der Waals surface area contributed by atoms with Gasteiger partial charge in [-0.1, -0.05) is 65.5 Å². The second-order valence-electron chi connectivity index (χ2n) is 10.5. The molecule has 230 valence electrons. The Bertz CT molecular complexity index is 1510. The van der Waals surface area contributed by atoms with Crippen LogP contribution in [-0.2, 0) is 26.2 Å². The van der Waals surface area contributed by atoms with Gasteiger partial charge in [0.05, 0.1) is 24.8 Å².